The van der Waals surface area contributed by atoms with Crippen LogP contribution in [0.4, 0.5) is 5.69 Å². The number of aromatic amines is 1. The number of rotatable bonds is 2. The fourth-order valence-electron chi connectivity index (χ4n) is 5.28. The number of Topliss-reactive ketones (excluding diaryl/α,β-unsaturated/α-hetero) is 1. The number of carbonyl (C=O) groups is 1. The molecule has 0 spiro atoms. The molecule has 0 unspecified atom stereocenters. The van der Waals surface area contributed by atoms with Crippen molar-refractivity contribution in [1.82, 2.24) is 10.2 Å². The lowest BCUT2D eigenvalue weighted by Crippen LogP contribution is -2.44. The van der Waals surface area contributed by atoms with Crippen LogP contribution in [0.1, 0.15) is 61.1 Å². The highest BCUT2D eigenvalue weighted by atomic mass is 16.1. The maximum absolute atomic E-state index is 11.5. The van der Waals surface area contributed by atoms with Gasteiger partial charge in [0.15, 0.2) is 11.5 Å². The number of nitrogens with zero attached hydrogens (tertiary/aromatic N) is 1. The molecule has 0 aliphatic heterocycles. The van der Waals surface area contributed by atoms with E-state index in [2.05, 4.69) is 10.2 Å². The summed E-state index contributed by atoms with van der Waals surface area (Å²) in [5.41, 5.74) is 8.27. The number of aromatic nitrogens is 2. The smallest absolute Gasteiger partial charge is 0.182 e. The zero-order valence-electron chi connectivity index (χ0n) is 11.4. The van der Waals surface area contributed by atoms with Gasteiger partial charge in [0.2, 0.25) is 0 Å². The Hall–Kier alpha value is -1.32. The summed E-state index contributed by atoms with van der Waals surface area (Å²) >= 11 is 0. The molecule has 0 saturated heterocycles. The number of hydrogen-bond donors (Lipinski definition) is 2. The van der Waals surface area contributed by atoms with E-state index in [4.69, 9.17) is 5.73 Å². The van der Waals surface area contributed by atoms with E-state index < -0.39 is 0 Å². The van der Waals surface area contributed by atoms with Crippen molar-refractivity contribution < 1.29 is 4.79 Å². The van der Waals surface area contributed by atoms with Crippen LogP contribution in [-0.2, 0) is 0 Å². The van der Waals surface area contributed by atoms with E-state index in [1.54, 1.807) is 0 Å². The lowest BCUT2D eigenvalue weighted by Gasteiger charge is -2.54. The fourth-order valence-corrected chi connectivity index (χ4v) is 5.28. The molecule has 3 N–H and O–H groups in total. The summed E-state index contributed by atoms with van der Waals surface area (Å²) in [7, 11) is 0. The van der Waals surface area contributed by atoms with Crippen molar-refractivity contribution in [3.8, 4) is 0 Å². The van der Waals surface area contributed by atoms with E-state index in [0.717, 1.165) is 29.4 Å². The number of anilines is 1. The summed E-state index contributed by atoms with van der Waals surface area (Å²) in [6.07, 6.45) is 6.87. The zero-order chi connectivity index (χ0) is 13.1. The number of nitrogen functional groups attached to an aromatic ring is 1. The predicted molar refractivity (Wildman–Crippen MR) is 72.8 cm³/mol. The highest BCUT2D eigenvalue weighted by molar-refractivity contribution is 5.97. The number of H-pyrrole nitrogens is 1. The number of ketones is 1. The number of carbonyl (C=O) groups excluding carboxylic acids is 1. The largest absolute Gasteiger partial charge is 0.395 e. The molecule has 1 aromatic heterocycles. The van der Waals surface area contributed by atoms with Crippen LogP contribution in [0.15, 0.2) is 0 Å². The highest BCUT2D eigenvalue weighted by Gasteiger charge is 2.49. The Bertz CT molecular complexity index is 505. The van der Waals surface area contributed by atoms with Crippen LogP contribution in [0.25, 0.3) is 0 Å². The molecule has 0 radical (unpaired) electrons. The predicted octanol–water partition coefficient (Wildman–Crippen LogP) is 2.73. The van der Waals surface area contributed by atoms with Gasteiger partial charge in [-0.2, -0.15) is 5.10 Å². The maximum atomic E-state index is 11.5. The highest BCUT2D eigenvalue weighted by Crippen LogP contribution is 2.60. The first kappa shape index (κ1) is 11.5. The summed E-state index contributed by atoms with van der Waals surface area (Å²) in [6, 6.07) is 0. The van der Waals surface area contributed by atoms with E-state index in [1.807, 2.05) is 0 Å². The summed E-state index contributed by atoms with van der Waals surface area (Å²) in [5, 5.41) is 7.24. The minimum Gasteiger partial charge on any atom is -0.395 e. The third kappa shape index (κ3) is 1.58. The Labute approximate surface area is 113 Å². The van der Waals surface area contributed by atoms with Crippen LogP contribution in [-0.4, -0.2) is 16.0 Å². The summed E-state index contributed by atoms with van der Waals surface area (Å²) in [4.78, 5) is 11.5. The van der Waals surface area contributed by atoms with Crippen molar-refractivity contribution in [1.29, 1.82) is 0 Å². The quantitative estimate of drug-likeness (QED) is 0.802. The molecule has 102 valence electrons. The van der Waals surface area contributed by atoms with Crippen molar-refractivity contribution in [2.75, 3.05) is 5.73 Å². The molecular weight excluding hydrogens is 238 g/mol. The van der Waals surface area contributed by atoms with Crippen LogP contribution in [0.5, 0.6) is 0 Å². The average Bonchev–Trinajstić information content (AvgIpc) is 2.70. The van der Waals surface area contributed by atoms with Crippen molar-refractivity contribution in [3.63, 3.8) is 0 Å². The summed E-state index contributed by atoms with van der Waals surface area (Å²) in [6.45, 7) is 1.53. The molecule has 5 rings (SSSR count). The van der Waals surface area contributed by atoms with Crippen molar-refractivity contribution in [3.05, 3.63) is 11.4 Å². The molecule has 4 fully saturated rings. The Kier molecular flexibility index (Phi) is 2.32. The molecule has 4 nitrogen and oxygen atoms in total. The fraction of sp³-hybridized carbons (Fsp3) is 0.733. The number of hydrogen-bond acceptors (Lipinski definition) is 3. The number of nitrogens with one attached hydrogen (secondary N) is 1. The first-order valence-electron chi connectivity index (χ1n) is 7.48. The van der Waals surface area contributed by atoms with Crippen molar-refractivity contribution in [2.45, 2.75) is 44.9 Å². The monoisotopic (exact) mass is 259 g/mol. The Morgan fingerprint density at radius 1 is 1.16 bits per heavy atom. The van der Waals surface area contributed by atoms with Crippen molar-refractivity contribution >= 4 is 11.5 Å². The zero-order valence-corrected chi connectivity index (χ0v) is 11.4. The second-order valence-electron chi connectivity index (χ2n) is 6.91. The van der Waals surface area contributed by atoms with E-state index in [9.17, 15) is 4.79 Å². The lowest BCUT2D eigenvalue weighted by atomic mass is 9.51. The Morgan fingerprint density at radius 2 is 1.74 bits per heavy atom. The van der Waals surface area contributed by atoms with Crippen LogP contribution in [0, 0.1) is 23.7 Å². The van der Waals surface area contributed by atoms with E-state index in [0.29, 0.717) is 17.3 Å². The van der Waals surface area contributed by atoms with Crippen LogP contribution < -0.4 is 5.73 Å². The van der Waals surface area contributed by atoms with Crippen LogP contribution in [0.3, 0.4) is 0 Å². The van der Waals surface area contributed by atoms with Gasteiger partial charge in [-0.25, -0.2) is 0 Å². The standard InChI is InChI=1S/C15H21N3O/c1-7(19)14-13(16)15(18-17-14)12-10-3-8-2-9(5-10)6-11(12)4-8/h8-12H,2-6,16H2,1H3,(H,17,18). The first-order chi connectivity index (χ1) is 9.13. The third-order valence-electron chi connectivity index (χ3n) is 5.73. The molecule has 19 heavy (non-hydrogen) atoms. The SMILES string of the molecule is CC(=O)c1n[nH]c(C2C3CC4CC(C3)CC2C4)c1N. The van der Waals surface area contributed by atoms with E-state index >= 15 is 0 Å². The average molecular weight is 259 g/mol. The van der Waals surface area contributed by atoms with Gasteiger partial charge in [-0.1, -0.05) is 0 Å². The normalized spacial score (nSPS) is 39.7. The molecule has 4 saturated carbocycles. The molecule has 4 heteroatoms. The minimum atomic E-state index is -0.0381. The molecular formula is C15H21N3O. The van der Waals surface area contributed by atoms with Gasteiger partial charge in [0.05, 0.1) is 11.4 Å². The van der Waals surface area contributed by atoms with Gasteiger partial charge < -0.3 is 5.73 Å². The van der Waals surface area contributed by atoms with E-state index in [-0.39, 0.29) is 5.78 Å². The van der Waals surface area contributed by atoms with Crippen molar-refractivity contribution in [2.24, 2.45) is 23.7 Å². The minimum absolute atomic E-state index is 0.0381. The molecule has 1 aromatic rings. The molecule has 0 amide bonds. The molecule has 1 heterocycles. The Balaban J connectivity index is 1.71. The Morgan fingerprint density at radius 3 is 2.21 bits per heavy atom. The van der Waals surface area contributed by atoms with Gasteiger partial charge >= 0.3 is 0 Å². The van der Waals surface area contributed by atoms with Gasteiger partial charge in [0.25, 0.3) is 0 Å². The van der Waals surface area contributed by atoms with Gasteiger partial charge in [-0.15, -0.1) is 0 Å². The second kappa shape index (κ2) is 3.84. The third-order valence-corrected chi connectivity index (χ3v) is 5.73. The number of nitrogens with two attached hydrogens (primary N) is 1. The second-order valence-corrected chi connectivity index (χ2v) is 6.91. The molecule has 4 aliphatic rings. The summed E-state index contributed by atoms with van der Waals surface area (Å²) < 4.78 is 0. The summed E-state index contributed by atoms with van der Waals surface area (Å²) in [5.74, 6) is 3.92. The molecule has 0 atom stereocenters. The van der Waals surface area contributed by atoms with Gasteiger partial charge in [-0.3, -0.25) is 9.89 Å². The molecule has 4 bridgehead atoms. The van der Waals surface area contributed by atoms with Crippen LogP contribution in [0.2, 0.25) is 0 Å². The van der Waals surface area contributed by atoms with E-state index in [1.165, 1.54) is 39.0 Å². The topological polar surface area (TPSA) is 71.8 Å². The maximum Gasteiger partial charge on any atom is 0.182 e. The first-order valence-corrected chi connectivity index (χ1v) is 7.48. The lowest BCUT2D eigenvalue weighted by molar-refractivity contribution is -0.00393. The van der Waals surface area contributed by atoms with Crippen LogP contribution >= 0.6 is 0 Å². The molecule has 4 aliphatic carbocycles. The van der Waals surface area contributed by atoms with Gasteiger partial charge in [-0.05, 0) is 55.8 Å². The van der Waals surface area contributed by atoms with Gasteiger partial charge in [0.1, 0.15) is 0 Å². The molecule has 0 aromatic carbocycles. The van der Waals surface area contributed by atoms with Gasteiger partial charge in [0, 0.05) is 12.8 Å².